The van der Waals surface area contributed by atoms with E-state index in [2.05, 4.69) is 4.98 Å². The van der Waals surface area contributed by atoms with Gasteiger partial charge in [0.25, 0.3) is 5.56 Å². The van der Waals surface area contributed by atoms with Crippen LogP contribution in [0.3, 0.4) is 0 Å². The molecular formula is C21H14N2O4. The van der Waals surface area contributed by atoms with E-state index >= 15 is 0 Å². The predicted molar refractivity (Wildman–Crippen MR) is 102 cm³/mol. The van der Waals surface area contributed by atoms with E-state index < -0.39 is 5.63 Å². The molecular weight excluding hydrogens is 344 g/mol. The van der Waals surface area contributed by atoms with Crippen LogP contribution in [0.25, 0.3) is 33.0 Å². The van der Waals surface area contributed by atoms with E-state index in [-0.39, 0.29) is 17.7 Å². The largest absolute Gasteiger partial charge is 0.448 e. The quantitative estimate of drug-likeness (QED) is 0.451. The van der Waals surface area contributed by atoms with Crippen molar-refractivity contribution in [2.24, 2.45) is 0 Å². The molecule has 27 heavy (non-hydrogen) atoms. The van der Waals surface area contributed by atoms with Crippen molar-refractivity contribution in [1.82, 2.24) is 9.55 Å². The molecule has 0 aliphatic heterocycles. The third-order valence-electron chi connectivity index (χ3n) is 4.68. The number of nitrogens with zero attached hydrogens (tertiary/aromatic N) is 2. The lowest BCUT2D eigenvalue weighted by atomic mass is 10.1. The Balaban J connectivity index is 1.70. The van der Waals surface area contributed by atoms with E-state index in [0.717, 1.165) is 16.3 Å². The molecule has 0 N–H and O–H groups in total. The number of hydrogen-bond donors (Lipinski definition) is 0. The van der Waals surface area contributed by atoms with Crippen molar-refractivity contribution < 1.29 is 8.83 Å². The molecule has 0 fully saturated rings. The van der Waals surface area contributed by atoms with Gasteiger partial charge >= 0.3 is 5.63 Å². The van der Waals surface area contributed by atoms with Crippen LogP contribution in [-0.2, 0) is 6.54 Å². The molecule has 0 spiro atoms. The summed E-state index contributed by atoms with van der Waals surface area (Å²) in [6.45, 7) is 2.13. The summed E-state index contributed by atoms with van der Waals surface area (Å²) in [6, 6.07) is 14.4. The molecule has 0 saturated heterocycles. The van der Waals surface area contributed by atoms with Gasteiger partial charge in [-0.15, -0.1) is 0 Å². The Morgan fingerprint density at radius 3 is 2.70 bits per heavy atom. The molecule has 6 heteroatoms. The van der Waals surface area contributed by atoms with Gasteiger partial charge in [-0.25, -0.2) is 9.78 Å². The van der Waals surface area contributed by atoms with Crippen LogP contribution in [0.4, 0.5) is 0 Å². The molecule has 2 aromatic carbocycles. The highest BCUT2D eigenvalue weighted by Gasteiger charge is 2.14. The van der Waals surface area contributed by atoms with E-state index in [1.54, 1.807) is 6.07 Å². The molecule has 0 bridgehead atoms. The maximum Gasteiger partial charge on any atom is 0.336 e. The molecule has 0 unspecified atom stereocenters. The summed E-state index contributed by atoms with van der Waals surface area (Å²) in [5.74, 6) is 0. The first kappa shape index (κ1) is 15.6. The Hall–Kier alpha value is -3.67. The van der Waals surface area contributed by atoms with Crippen molar-refractivity contribution in [3.05, 3.63) is 86.8 Å². The highest BCUT2D eigenvalue weighted by atomic mass is 16.4. The van der Waals surface area contributed by atoms with E-state index in [1.807, 2.05) is 43.3 Å². The second-order valence-electron chi connectivity index (χ2n) is 6.54. The van der Waals surface area contributed by atoms with Crippen molar-refractivity contribution in [3.8, 4) is 0 Å². The number of furan rings is 1. The lowest BCUT2D eigenvalue weighted by Crippen LogP contribution is -2.21. The van der Waals surface area contributed by atoms with Gasteiger partial charge in [-0.05, 0) is 36.2 Å². The maximum absolute atomic E-state index is 12.9. The number of fused-ring (bicyclic) bond motifs is 4. The molecule has 5 aromatic rings. The fourth-order valence-electron chi connectivity index (χ4n) is 3.38. The van der Waals surface area contributed by atoms with Gasteiger partial charge in [0.1, 0.15) is 16.7 Å². The highest BCUT2D eigenvalue weighted by molar-refractivity contribution is 6.01. The molecule has 0 radical (unpaired) electrons. The van der Waals surface area contributed by atoms with E-state index in [0.29, 0.717) is 22.2 Å². The number of aryl methyl sites for hydroxylation is 1. The monoisotopic (exact) mass is 358 g/mol. The molecule has 3 heterocycles. The number of para-hydroxylation sites is 1. The summed E-state index contributed by atoms with van der Waals surface area (Å²) < 4.78 is 12.4. The zero-order valence-electron chi connectivity index (χ0n) is 14.4. The Morgan fingerprint density at radius 1 is 0.963 bits per heavy atom. The fourth-order valence-corrected chi connectivity index (χ4v) is 3.38. The van der Waals surface area contributed by atoms with Crippen LogP contribution in [0.2, 0.25) is 0 Å². The molecule has 6 nitrogen and oxygen atoms in total. The van der Waals surface area contributed by atoms with Crippen molar-refractivity contribution in [2.75, 3.05) is 0 Å². The van der Waals surface area contributed by atoms with Gasteiger partial charge in [0.15, 0.2) is 0 Å². The molecule has 3 aromatic heterocycles. The standard InChI is InChI=1S/C21H14N2O4/c1-12-6-7-14-13(9-18(24)26-17(14)8-12)10-23-11-22-19-15-4-2-3-5-16(15)27-20(19)21(23)25/h2-9,11H,10H2,1H3. The smallest absolute Gasteiger partial charge is 0.336 e. The summed E-state index contributed by atoms with van der Waals surface area (Å²) in [4.78, 5) is 29.2. The van der Waals surface area contributed by atoms with Crippen molar-refractivity contribution in [1.29, 1.82) is 0 Å². The molecule has 5 rings (SSSR count). The number of hydrogen-bond acceptors (Lipinski definition) is 5. The second kappa shape index (κ2) is 5.67. The second-order valence-corrected chi connectivity index (χ2v) is 6.54. The summed E-state index contributed by atoms with van der Waals surface area (Å²) >= 11 is 0. The van der Waals surface area contributed by atoms with Crippen LogP contribution in [0.15, 0.2) is 73.3 Å². The summed E-state index contributed by atoms with van der Waals surface area (Å²) in [6.07, 6.45) is 1.49. The molecule has 0 atom stereocenters. The molecule has 0 aliphatic rings. The number of aromatic nitrogens is 2. The van der Waals surface area contributed by atoms with E-state index in [9.17, 15) is 9.59 Å². The lowest BCUT2D eigenvalue weighted by molar-refractivity contribution is 0.557. The number of rotatable bonds is 2. The summed E-state index contributed by atoms with van der Waals surface area (Å²) in [5, 5.41) is 1.59. The minimum absolute atomic E-state index is 0.198. The Bertz CT molecular complexity index is 1460. The molecule has 0 amide bonds. The predicted octanol–water partition coefficient (Wildman–Crippen LogP) is 3.61. The normalized spacial score (nSPS) is 11.6. The molecule has 132 valence electrons. The molecule has 0 aliphatic carbocycles. The number of benzene rings is 2. The lowest BCUT2D eigenvalue weighted by Gasteiger charge is -2.08. The Labute approximate surface area is 152 Å². The van der Waals surface area contributed by atoms with Gasteiger partial charge in [0, 0.05) is 16.8 Å². The first-order valence-corrected chi connectivity index (χ1v) is 8.50. The van der Waals surface area contributed by atoms with Gasteiger partial charge in [0.05, 0.1) is 12.9 Å². The maximum atomic E-state index is 12.9. The minimum atomic E-state index is -0.450. The zero-order chi connectivity index (χ0) is 18.5. The Morgan fingerprint density at radius 2 is 1.81 bits per heavy atom. The van der Waals surface area contributed by atoms with Crippen LogP contribution in [0.5, 0.6) is 0 Å². The van der Waals surface area contributed by atoms with Crippen LogP contribution < -0.4 is 11.2 Å². The van der Waals surface area contributed by atoms with Gasteiger partial charge in [-0.1, -0.05) is 24.3 Å². The van der Waals surface area contributed by atoms with Crippen molar-refractivity contribution >= 4 is 33.0 Å². The van der Waals surface area contributed by atoms with Crippen LogP contribution >= 0.6 is 0 Å². The highest BCUT2D eigenvalue weighted by Crippen LogP contribution is 2.24. The first-order valence-electron chi connectivity index (χ1n) is 8.50. The van der Waals surface area contributed by atoms with Crippen LogP contribution in [0.1, 0.15) is 11.1 Å². The van der Waals surface area contributed by atoms with Gasteiger partial charge in [-0.3, -0.25) is 9.36 Å². The fraction of sp³-hybridized carbons (Fsp3) is 0.0952. The zero-order valence-corrected chi connectivity index (χ0v) is 14.4. The van der Waals surface area contributed by atoms with Crippen molar-refractivity contribution in [2.45, 2.75) is 13.5 Å². The van der Waals surface area contributed by atoms with Crippen LogP contribution in [0, 0.1) is 6.92 Å². The first-order chi connectivity index (χ1) is 13.1. The Kier molecular flexibility index (Phi) is 3.27. The average molecular weight is 358 g/mol. The average Bonchev–Trinajstić information content (AvgIpc) is 3.03. The minimum Gasteiger partial charge on any atom is -0.448 e. The van der Waals surface area contributed by atoms with Gasteiger partial charge in [0.2, 0.25) is 5.58 Å². The van der Waals surface area contributed by atoms with Gasteiger partial charge < -0.3 is 8.83 Å². The third-order valence-corrected chi connectivity index (χ3v) is 4.68. The van der Waals surface area contributed by atoms with Crippen molar-refractivity contribution in [3.63, 3.8) is 0 Å². The molecule has 0 saturated carbocycles. The van der Waals surface area contributed by atoms with Gasteiger partial charge in [-0.2, -0.15) is 0 Å². The summed E-state index contributed by atoms with van der Waals surface area (Å²) in [5.41, 5.74) is 2.82. The SMILES string of the molecule is Cc1ccc2c(Cn3cnc4c(oc5ccccc54)c3=O)cc(=O)oc2c1. The topological polar surface area (TPSA) is 78.2 Å². The third kappa shape index (κ3) is 2.45. The van der Waals surface area contributed by atoms with Crippen LogP contribution in [-0.4, -0.2) is 9.55 Å². The van der Waals surface area contributed by atoms with E-state index in [1.165, 1.54) is 17.0 Å². The summed E-state index contributed by atoms with van der Waals surface area (Å²) in [7, 11) is 0. The van der Waals surface area contributed by atoms with E-state index in [4.69, 9.17) is 8.83 Å².